The second-order valence-corrected chi connectivity index (χ2v) is 7.03. The van der Waals surface area contributed by atoms with Gasteiger partial charge in [0.25, 0.3) is 0 Å². The van der Waals surface area contributed by atoms with Crippen molar-refractivity contribution >= 4 is 17.5 Å². The largest absolute Gasteiger partial charge is 0.437 e. The van der Waals surface area contributed by atoms with E-state index in [1.807, 2.05) is 0 Å². The predicted octanol–water partition coefficient (Wildman–Crippen LogP) is 2.86. The normalized spacial score (nSPS) is 24.4. The van der Waals surface area contributed by atoms with Crippen molar-refractivity contribution in [3.8, 4) is 0 Å². The Morgan fingerprint density at radius 1 is 1.07 bits per heavy atom. The molecule has 1 saturated heterocycles. The van der Waals surface area contributed by atoms with E-state index in [0.717, 1.165) is 5.69 Å². The number of aliphatic hydroxyl groups is 1. The Morgan fingerprint density at radius 3 is 2.17 bits per heavy atom. The van der Waals surface area contributed by atoms with Crippen LogP contribution in [0.3, 0.4) is 0 Å². The molecule has 2 aromatic carbocycles. The number of rotatable bonds is 4. The number of alkyl halides is 3. The number of hydrogen-bond acceptors (Lipinski definition) is 4. The van der Waals surface area contributed by atoms with Crippen LogP contribution in [0.2, 0.25) is 0 Å². The highest BCUT2D eigenvalue weighted by Gasteiger charge is 2.66. The number of halogens is 3. The predicted molar refractivity (Wildman–Crippen MR) is 100 cm³/mol. The first-order valence-corrected chi connectivity index (χ1v) is 8.79. The second-order valence-electron chi connectivity index (χ2n) is 7.03. The highest BCUT2D eigenvalue weighted by molar-refractivity contribution is 6.00. The van der Waals surface area contributed by atoms with E-state index in [2.05, 4.69) is 5.32 Å². The lowest BCUT2D eigenvalue weighted by molar-refractivity contribution is -0.287. The van der Waals surface area contributed by atoms with Gasteiger partial charge in [-0.15, -0.1) is 0 Å². The van der Waals surface area contributed by atoms with Crippen LogP contribution in [0.25, 0.3) is 0 Å². The molecule has 0 radical (unpaired) electrons. The Bertz CT molecular complexity index is 901. The molecule has 0 unspecified atom stereocenters. The zero-order valence-corrected chi connectivity index (χ0v) is 15.7. The van der Waals surface area contributed by atoms with Gasteiger partial charge in [-0.05, 0) is 17.7 Å². The summed E-state index contributed by atoms with van der Waals surface area (Å²) in [6, 6.07) is 11.1. The van der Waals surface area contributed by atoms with Crippen LogP contribution in [0.15, 0.2) is 54.6 Å². The third-order valence-electron chi connectivity index (χ3n) is 4.92. The zero-order valence-electron chi connectivity index (χ0n) is 15.7. The maximum Gasteiger partial charge on any atom is 0.437 e. The summed E-state index contributed by atoms with van der Waals surface area (Å²) >= 11 is 0. The molecule has 1 fully saturated rings. The average molecular weight is 407 g/mol. The molecule has 1 aliphatic heterocycles. The summed E-state index contributed by atoms with van der Waals surface area (Å²) in [5, 5.41) is 14.4. The van der Waals surface area contributed by atoms with Gasteiger partial charge < -0.3 is 20.6 Å². The molecule has 29 heavy (non-hydrogen) atoms. The zero-order chi connectivity index (χ0) is 21.4. The number of carbonyl (C=O) groups is 2. The Morgan fingerprint density at radius 2 is 1.66 bits per heavy atom. The van der Waals surface area contributed by atoms with Gasteiger partial charge in [0.15, 0.2) is 5.78 Å². The molecule has 0 aliphatic carbocycles. The molecule has 0 aromatic heterocycles. The monoisotopic (exact) mass is 407 g/mol. The highest BCUT2D eigenvalue weighted by Crippen LogP contribution is 2.44. The molecule has 154 valence electrons. The summed E-state index contributed by atoms with van der Waals surface area (Å²) in [5.41, 5.74) is -2.69. The first-order chi connectivity index (χ1) is 13.5. The van der Waals surface area contributed by atoms with E-state index >= 15 is 0 Å². The molecule has 1 heterocycles. The topological polar surface area (TPSA) is 81.7 Å². The van der Waals surface area contributed by atoms with Gasteiger partial charge >= 0.3 is 12.2 Å². The maximum absolute atomic E-state index is 13.8. The maximum atomic E-state index is 13.8. The lowest BCUT2D eigenvalue weighted by Crippen LogP contribution is -2.72. The van der Waals surface area contributed by atoms with E-state index in [0.29, 0.717) is 0 Å². The minimum atomic E-state index is -5.28. The summed E-state index contributed by atoms with van der Waals surface area (Å²) in [5.74, 6) is -2.98. The Kier molecular flexibility index (Phi) is 5.27. The third kappa shape index (κ3) is 3.77. The summed E-state index contributed by atoms with van der Waals surface area (Å²) in [7, 11) is 3.59. The third-order valence-corrected chi connectivity index (χ3v) is 4.92. The van der Waals surface area contributed by atoms with Crippen LogP contribution in [0, 0.1) is 5.92 Å². The van der Waals surface area contributed by atoms with Crippen molar-refractivity contribution in [2.75, 3.05) is 19.0 Å². The summed E-state index contributed by atoms with van der Waals surface area (Å²) in [6.07, 6.45) is -5.28. The number of nitrogens with zero attached hydrogens (tertiary/aromatic N) is 1. The lowest BCUT2D eigenvalue weighted by Gasteiger charge is -2.45. The number of ketones is 1. The molecule has 3 rings (SSSR count). The highest BCUT2D eigenvalue weighted by atomic mass is 19.4. The van der Waals surface area contributed by atoms with Gasteiger partial charge in [-0.3, -0.25) is 4.79 Å². The number of amides is 2. The molecule has 3 atom stereocenters. The molecule has 3 N–H and O–H groups in total. The van der Waals surface area contributed by atoms with Gasteiger partial charge in [0.2, 0.25) is 5.72 Å². The van der Waals surface area contributed by atoms with Gasteiger partial charge in [0, 0.05) is 25.3 Å². The number of Topliss-reactive ketones (excluding diaryl/α,β-unsaturated/α-hetero) is 1. The molecule has 9 heteroatoms. The second kappa shape index (κ2) is 7.40. The van der Waals surface area contributed by atoms with Crippen molar-refractivity contribution in [3.63, 3.8) is 0 Å². The molecule has 0 spiro atoms. The van der Waals surface area contributed by atoms with Crippen LogP contribution in [-0.2, 0) is 0 Å². The fourth-order valence-electron chi connectivity index (χ4n) is 3.38. The van der Waals surface area contributed by atoms with Crippen molar-refractivity contribution < 1.29 is 27.9 Å². The number of benzene rings is 2. The van der Waals surface area contributed by atoms with Crippen molar-refractivity contribution in [2.45, 2.75) is 17.9 Å². The van der Waals surface area contributed by atoms with Crippen molar-refractivity contribution in [1.29, 1.82) is 0 Å². The Balaban J connectivity index is 2.13. The molecule has 1 aliphatic rings. The quantitative estimate of drug-likeness (QED) is 0.681. The fourth-order valence-corrected chi connectivity index (χ4v) is 3.38. The summed E-state index contributed by atoms with van der Waals surface area (Å²) < 4.78 is 41.5. The molecule has 2 aromatic rings. The Labute approximate surface area is 165 Å². The fraction of sp³-hybridized carbons (Fsp3) is 0.300. The van der Waals surface area contributed by atoms with Gasteiger partial charge in [-0.2, -0.15) is 13.2 Å². The number of carbonyl (C=O) groups excluding carboxylic acids is 2. The number of nitrogens with one attached hydrogen (secondary N) is 2. The van der Waals surface area contributed by atoms with E-state index in [1.165, 1.54) is 41.7 Å². The number of urea groups is 1. The van der Waals surface area contributed by atoms with Crippen LogP contribution < -0.4 is 15.5 Å². The first-order valence-electron chi connectivity index (χ1n) is 8.79. The van der Waals surface area contributed by atoms with Crippen LogP contribution in [0.1, 0.15) is 22.0 Å². The van der Waals surface area contributed by atoms with Gasteiger partial charge in [-0.1, -0.05) is 42.5 Å². The smallest absolute Gasteiger partial charge is 0.378 e. The summed E-state index contributed by atoms with van der Waals surface area (Å²) in [6.45, 7) is 0. The molecule has 0 saturated carbocycles. The van der Waals surface area contributed by atoms with Crippen molar-refractivity contribution in [3.05, 3.63) is 65.7 Å². The number of anilines is 1. The minimum absolute atomic E-state index is 0.00645. The summed E-state index contributed by atoms with van der Waals surface area (Å²) in [4.78, 5) is 26.9. The molecule has 2 amide bonds. The van der Waals surface area contributed by atoms with E-state index in [1.54, 1.807) is 37.2 Å². The van der Waals surface area contributed by atoms with Crippen LogP contribution >= 0.6 is 0 Å². The first kappa shape index (κ1) is 20.7. The SMILES string of the molecule is CN(C)c1ccc([C@@H]2NC(=O)N[C@@](O)(C(F)(F)F)[C@@H]2C(=O)c2ccccc2)cc1. The van der Waals surface area contributed by atoms with Gasteiger partial charge in [0.05, 0.1) is 6.04 Å². The molecular weight excluding hydrogens is 387 g/mol. The van der Waals surface area contributed by atoms with E-state index in [4.69, 9.17) is 0 Å². The molecule has 0 bridgehead atoms. The van der Waals surface area contributed by atoms with Crippen molar-refractivity contribution in [1.82, 2.24) is 10.6 Å². The van der Waals surface area contributed by atoms with Gasteiger partial charge in [0.1, 0.15) is 5.92 Å². The van der Waals surface area contributed by atoms with Crippen LogP contribution in [-0.4, -0.2) is 42.9 Å². The standard InChI is InChI=1S/C20H20F3N3O3/c1-26(2)14-10-8-12(9-11-14)16-15(17(27)13-6-4-3-5-7-13)19(29,20(21,22)23)25-18(28)24-16/h3-11,15-16,29H,1-2H3,(H2,24,25,28)/t15-,16-,19-/m0/s1. The van der Waals surface area contributed by atoms with Crippen LogP contribution in [0.4, 0.5) is 23.7 Å². The van der Waals surface area contributed by atoms with Crippen molar-refractivity contribution in [2.24, 2.45) is 5.92 Å². The average Bonchev–Trinajstić information content (AvgIpc) is 2.67. The minimum Gasteiger partial charge on any atom is -0.378 e. The molecular formula is C20H20F3N3O3. The van der Waals surface area contributed by atoms with Gasteiger partial charge in [-0.25, -0.2) is 4.79 Å². The Hall–Kier alpha value is -3.07. The molecule has 6 nitrogen and oxygen atoms in total. The van der Waals surface area contributed by atoms with Crippen LogP contribution in [0.5, 0.6) is 0 Å². The number of hydrogen-bond donors (Lipinski definition) is 3. The van der Waals surface area contributed by atoms with E-state index in [9.17, 15) is 27.9 Å². The van der Waals surface area contributed by atoms with E-state index in [-0.39, 0.29) is 11.1 Å². The lowest BCUT2D eigenvalue weighted by atomic mass is 9.77. The van der Waals surface area contributed by atoms with E-state index < -0.39 is 35.7 Å².